The molecule has 1 saturated heterocycles. The smallest absolute Gasteiger partial charge is 0.317 e. The Bertz CT molecular complexity index is 1720. The zero-order valence-electron chi connectivity index (χ0n) is 24.4. The van der Waals surface area contributed by atoms with Gasteiger partial charge in [0.2, 0.25) is 6.29 Å². The molecular formula is C33H32O13. The molecule has 5 rings (SSSR count). The number of esters is 1. The normalized spacial score (nSPS) is 22.8. The van der Waals surface area contributed by atoms with E-state index in [-0.39, 0.29) is 40.1 Å². The monoisotopic (exact) mass is 636 g/mol. The van der Waals surface area contributed by atoms with Crippen molar-refractivity contribution in [2.45, 2.75) is 43.0 Å². The average Bonchev–Trinajstić information content (AvgIpc) is 3.04. The van der Waals surface area contributed by atoms with Gasteiger partial charge in [0.05, 0.1) is 24.2 Å². The maximum absolute atomic E-state index is 13.2. The number of phenols is 1. The maximum Gasteiger partial charge on any atom is 0.317 e. The predicted octanol–water partition coefficient (Wildman–Crippen LogP) is 2.00. The molecule has 2 heterocycles. The Morgan fingerprint density at radius 1 is 1.00 bits per heavy atom. The number of benzene rings is 3. The van der Waals surface area contributed by atoms with E-state index in [1.54, 1.807) is 12.1 Å². The summed E-state index contributed by atoms with van der Waals surface area (Å²) >= 11 is 0. The van der Waals surface area contributed by atoms with E-state index in [0.717, 1.165) is 5.56 Å². The van der Waals surface area contributed by atoms with Crippen molar-refractivity contribution >= 4 is 22.9 Å². The van der Waals surface area contributed by atoms with Crippen LogP contribution in [0.25, 0.3) is 22.1 Å². The number of carboxylic acids is 1. The molecule has 0 bridgehead atoms. The van der Waals surface area contributed by atoms with Crippen molar-refractivity contribution in [2.75, 3.05) is 19.8 Å². The van der Waals surface area contributed by atoms with E-state index in [0.29, 0.717) is 12.0 Å². The SMILES string of the molecule is O=C(O)CC(=O)OC[C@@H]1O[C@H](Oc2ccc3c(=O)c(-c4ccc(O)cc4)coc3c2)[C@H](OCCc2ccccc2)[C@@](O)(CO)[C@H]1O. The second-order valence-electron chi connectivity index (χ2n) is 10.7. The number of fused-ring (bicyclic) bond motifs is 1. The van der Waals surface area contributed by atoms with E-state index < -0.39 is 61.8 Å². The molecule has 0 spiro atoms. The van der Waals surface area contributed by atoms with Crippen LogP contribution >= 0.6 is 0 Å². The van der Waals surface area contributed by atoms with Crippen LogP contribution < -0.4 is 10.2 Å². The lowest BCUT2D eigenvalue weighted by molar-refractivity contribution is -0.329. The van der Waals surface area contributed by atoms with Crippen LogP contribution in [0, 0.1) is 0 Å². The highest BCUT2D eigenvalue weighted by Crippen LogP contribution is 2.35. The number of phenolic OH excluding ortho intramolecular Hbond substituents is 1. The van der Waals surface area contributed by atoms with Crippen LogP contribution in [0.2, 0.25) is 0 Å². The Morgan fingerprint density at radius 2 is 1.74 bits per heavy atom. The van der Waals surface area contributed by atoms with Crippen molar-refractivity contribution in [3.8, 4) is 22.6 Å². The Hall–Kier alpha value is -4.79. The summed E-state index contributed by atoms with van der Waals surface area (Å²) in [6.07, 6.45) is -5.53. The molecule has 0 unspecified atom stereocenters. The number of carbonyl (C=O) groups is 2. The Labute approximate surface area is 261 Å². The van der Waals surface area contributed by atoms with Crippen LogP contribution in [0.15, 0.2) is 88.3 Å². The molecule has 4 aromatic rings. The Balaban J connectivity index is 1.42. The number of aliphatic hydroxyl groups excluding tert-OH is 2. The quantitative estimate of drug-likeness (QED) is 0.112. The minimum atomic E-state index is -2.37. The molecule has 46 heavy (non-hydrogen) atoms. The highest BCUT2D eigenvalue weighted by Gasteiger charge is 2.57. The molecule has 0 saturated carbocycles. The first-order chi connectivity index (χ1) is 22.1. The van der Waals surface area contributed by atoms with Crippen LogP contribution in [0.3, 0.4) is 0 Å². The molecule has 5 atom stereocenters. The molecule has 3 aromatic carbocycles. The van der Waals surface area contributed by atoms with E-state index in [4.69, 9.17) is 28.5 Å². The Kier molecular flexibility index (Phi) is 9.99. The van der Waals surface area contributed by atoms with Gasteiger partial charge in [-0.3, -0.25) is 14.4 Å². The summed E-state index contributed by atoms with van der Waals surface area (Å²) in [5.74, 6) is -2.38. The largest absolute Gasteiger partial charge is 0.508 e. The Morgan fingerprint density at radius 3 is 2.43 bits per heavy atom. The summed E-state index contributed by atoms with van der Waals surface area (Å²) in [7, 11) is 0. The third-order valence-corrected chi connectivity index (χ3v) is 7.58. The fourth-order valence-corrected chi connectivity index (χ4v) is 5.12. The molecule has 242 valence electrons. The molecule has 5 N–H and O–H groups in total. The van der Waals surface area contributed by atoms with E-state index >= 15 is 0 Å². The first-order valence-electron chi connectivity index (χ1n) is 14.3. The van der Waals surface area contributed by atoms with Gasteiger partial charge in [-0.1, -0.05) is 42.5 Å². The standard InChI is InChI=1S/C33H32O13/c34-18-33(41)30(40)26(17-44-28(38)15-27(36)37)46-32(31(33)42-13-12-19-4-2-1-3-5-19)45-22-10-11-23-25(14-22)43-16-24(29(23)39)20-6-8-21(35)9-7-20/h1-11,14,16,26,30-32,34-35,40-41H,12-13,15,17-18H2,(H,36,37)/t26-,30-,31-,32-,33+/m0/s1. The number of hydrogen-bond donors (Lipinski definition) is 5. The molecule has 1 fully saturated rings. The molecule has 1 aliphatic heterocycles. The molecule has 0 aliphatic carbocycles. The minimum Gasteiger partial charge on any atom is -0.508 e. The molecule has 0 radical (unpaired) electrons. The summed E-state index contributed by atoms with van der Waals surface area (Å²) in [6.45, 7) is -1.64. The molecule has 13 nitrogen and oxygen atoms in total. The van der Waals surface area contributed by atoms with Crippen LogP contribution in [0.4, 0.5) is 0 Å². The zero-order valence-corrected chi connectivity index (χ0v) is 24.4. The summed E-state index contributed by atoms with van der Waals surface area (Å²) in [5, 5.41) is 51.4. The maximum atomic E-state index is 13.2. The molecule has 1 aromatic heterocycles. The fraction of sp³-hybridized carbons (Fsp3) is 0.303. The van der Waals surface area contributed by atoms with E-state index in [1.807, 2.05) is 30.3 Å². The number of aliphatic hydroxyl groups is 3. The summed E-state index contributed by atoms with van der Waals surface area (Å²) in [6, 6.07) is 19.7. The van der Waals surface area contributed by atoms with Gasteiger partial charge in [0.15, 0.2) is 11.5 Å². The van der Waals surface area contributed by atoms with Gasteiger partial charge in [0, 0.05) is 6.07 Å². The lowest BCUT2D eigenvalue weighted by Gasteiger charge is -2.48. The van der Waals surface area contributed by atoms with Gasteiger partial charge in [-0.2, -0.15) is 0 Å². The van der Waals surface area contributed by atoms with Crippen LogP contribution in [0.5, 0.6) is 11.5 Å². The van der Waals surface area contributed by atoms with E-state index in [1.165, 1.54) is 36.6 Å². The number of aliphatic carboxylic acids is 1. The van der Waals surface area contributed by atoms with Crippen LogP contribution in [0.1, 0.15) is 12.0 Å². The highest BCUT2D eigenvalue weighted by molar-refractivity contribution is 5.90. The highest BCUT2D eigenvalue weighted by atomic mass is 16.7. The zero-order chi connectivity index (χ0) is 32.8. The number of hydrogen-bond acceptors (Lipinski definition) is 12. The van der Waals surface area contributed by atoms with Crippen LogP contribution in [-0.4, -0.2) is 87.5 Å². The lowest BCUT2D eigenvalue weighted by Crippen LogP contribution is -2.70. The third-order valence-electron chi connectivity index (χ3n) is 7.58. The number of carboxylic acid groups (broad SMARTS) is 1. The van der Waals surface area contributed by atoms with Crippen LogP contribution in [-0.2, 0) is 30.2 Å². The second kappa shape index (κ2) is 14.1. The molecular weight excluding hydrogens is 604 g/mol. The summed E-state index contributed by atoms with van der Waals surface area (Å²) in [5.41, 5.74) is -0.826. The minimum absolute atomic E-state index is 0.0256. The van der Waals surface area contributed by atoms with Gasteiger partial charge in [-0.05, 0) is 41.8 Å². The first kappa shape index (κ1) is 32.6. The van der Waals surface area contributed by atoms with Gasteiger partial charge >= 0.3 is 11.9 Å². The van der Waals surface area contributed by atoms with E-state index in [9.17, 15) is 34.8 Å². The van der Waals surface area contributed by atoms with Crippen molar-refractivity contribution in [2.24, 2.45) is 0 Å². The molecule has 13 heteroatoms. The first-order valence-corrected chi connectivity index (χ1v) is 14.3. The van der Waals surface area contributed by atoms with Crippen molar-refractivity contribution in [1.29, 1.82) is 0 Å². The molecule has 1 aliphatic rings. The molecule has 0 amide bonds. The van der Waals surface area contributed by atoms with Crippen molar-refractivity contribution in [3.63, 3.8) is 0 Å². The fourth-order valence-electron chi connectivity index (χ4n) is 5.12. The van der Waals surface area contributed by atoms with E-state index in [2.05, 4.69) is 0 Å². The third kappa shape index (κ3) is 7.19. The number of aromatic hydroxyl groups is 1. The predicted molar refractivity (Wildman–Crippen MR) is 160 cm³/mol. The van der Waals surface area contributed by atoms with Crippen molar-refractivity contribution < 1.29 is 58.5 Å². The lowest BCUT2D eigenvalue weighted by atomic mass is 9.84. The second-order valence-corrected chi connectivity index (χ2v) is 10.7. The number of ether oxygens (including phenoxy) is 4. The van der Waals surface area contributed by atoms with Gasteiger partial charge in [0.25, 0.3) is 0 Å². The summed E-state index contributed by atoms with van der Waals surface area (Å²) < 4.78 is 28.6. The summed E-state index contributed by atoms with van der Waals surface area (Å²) in [4.78, 5) is 36.0. The number of carbonyl (C=O) groups excluding carboxylic acids is 1. The van der Waals surface area contributed by atoms with Gasteiger partial charge < -0.3 is 48.9 Å². The van der Waals surface area contributed by atoms with Crippen molar-refractivity contribution in [1.82, 2.24) is 0 Å². The average molecular weight is 637 g/mol. The topological polar surface area (TPSA) is 202 Å². The van der Waals surface area contributed by atoms with Gasteiger partial charge in [-0.25, -0.2) is 0 Å². The van der Waals surface area contributed by atoms with Gasteiger partial charge in [-0.15, -0.1) is 0 Å². The van der Waals surface area contributed by atoms with Gasteiger partial charge in [0.1, 0.15) is 54.2 Å². The van der Waals surface area contributed by atoms with Crippen molar-refractivity contribution in [3.05, 3.63) is 94.8 Å². The number of rotatable bonds is 12.